The lowest BCUT2D eigenvalue weighted by atomic mass is 10.3. The van der Waals surface area contributed by atoms with E-state index in [1.807, 2.05) is 0 Å². The summed E-state index contributed by atoms with van der Waals surface area (Å²) >= 11 is 0. The van der Waals surface area contributed by atoms with Gasteiger partial charge in [-0.3, -0.25) is 0 Å². The summed E-state index contributed by atoms with van der Waals surface area (Å²) < 4.78 is 118. The number of hydrogen-bond acceptors (Lipinski definition) is 3. The molecule has 0 radical (unpaired) electrons. The molecule has 0 aromatic heterocycles. The molecule has 13 heteroatoms. The van der Waals surface area contributed by atoms with Crippen LogP contribution in [0.4, 0.5) is 43.9 Å². The molecule has 0 amide bonds. The van der Waals surface area contributed by atoms with Crippen LogP contribution in [0.2, 0.25) is 0 Å². The number of carbonyl (C=O) groups is 1. The molecule has 19 heavy (non-hydrogen) atoms. The van der Waals surface area contributed by atoms with E-state index in [1.165, 1.54) is 0 Å². The van der Waals surface area contributed by atoms with Gasteiger partial charge in [0.15, 0.2) is 0 Å². The van der Waals surface area contributed by atoms with Gasteiger partial charge in [-0.2, -0.15) is 43.9 Å². The van der Waals surface area contributed by atoms with Gasteiger partial charge in [-0.05, 0) is 0 Å². The molecule has 0 heterocycles. The Morgan fingerprint density at radius 3 is 1.58 bits per heavy atom. The van der Waals surface area contributed by atoms with E-state index in [0.29, 0.717) is 0 Å². The summed E-state index contributed by atoms with van der Waals surface area (Å²) in [7, 11) is 0. The van der Waals surface area contributed by atoms with E-state index in [4.69, 9.17) is 0 Å². The van der Waals surface area contributed by atoms with Crippen LogP contribution in [0.15, 0.2) is 11.8 Å². The maximum absolute atomic E-state index is 12.1. The number of allylic oxidation sites excluding steroid dienone is 1. The first kappa shape index (κ1) is 17.3. The normalized spacial score (nSPS) is 12.9. The second-order valence-electron chi connectivity index (χ2n) is 2.70. The van der Waals surface area contributed by atoms with E-state index in [1.54, 1.807) is 0 Å². The van der Waals surface area contributed by atoms with Crippen LogP contribution in [0.25, 0.3) is 0 Å². The molecule has 0 aliphatic carbocycles. The summed E-state index contributed by atoms with van der Waals surface area (Å²) in [6, 6.07) is 0. The third-order valence-electron chi connectivity index (χ3n) is 1.33. The molecular weight excluding hydrogens is 308 g/mol. The molecule has 112 valence electrons. The van der Waals surface area contributed by atoms with Crippen molar-refractivity contribution in [3.8, 4) is 0 Å². The first-order chi connectivity index (χ1) is 8.21. The minimum Gasteiger partial charge on any atom is -0.337 e. The molecule has 0 rings (SSSR count). The van der Waals surface area contributed by atoms with Gasteiger partial charge in [-0.1, -0.05) is 0 Å². The van der Waals surface area contributed by atoms with Crippen LogP contribution in [0.1, 0.15) is 0 Å². The van der Waals surface area contributed by atoms with E-state index in [9.17, 15) is 48.7 Å². The Morgan fingerprint density at radius 2 is 1.32 bits per heavy atom. The number of hydrogen-bond donors (Lipinski definition) is 1. The molecule has 0 aromatic carbocycles. The Kier molecular flexibility index (Phi) is 4.67. The average molecular weight is 309 g/mol. The van der Waals surface area contributed by atoms with E-state index < -0.39 is 36.0 Å². The van der Waals surface area contributed by atoms with E-state index in [-0.39, 0.29) is 5.48 Å². The monoisotopic (exact) mass is 309 g/mol. The smallest absolute Gasteiger partial charge is 0.337 e. The summed E-state index contributed by atoms with van der Waals surface area (Å²) in [4.78, 5) is 12.8. The zero-order valence-corrected chi connectivity index (χ0v) is 8.10. The Balaban J connectivity index is 4.94. The Hall–Kier alpha value is -1.69. The quantitative estimate of drug-likeness (QED) is 0.643. The molecule has 0 saturated heterocycles. The molecule has 1 N–H and O–H groups in total. The van der Waals surface area contributed by atoms with E-state index in [2.05, 4.69) is 4.84 Å². The molecule has 0 saturated carbocycles. The molecule has 0 spiro atoms. The Morgan fingerprint density at radius 1 is 0.895 bits per heavy atom. The van der Waals surface area contributed by atoms with Crippen LogP contribution in [-0.2, 0) is 9.63 Å². The highest BCUT2D eigenvalue weighted by Crippen LogP contribution is 2.36. The van der Waals surface area contributed by atoms with Crippen molar-refractivity contribution in [2.45, 2.75) is 18.3 Å². The fourth-order valence-corrected chi connectivity index (χ4v) is 0.481. The van der Waals surface area contributed by atoms with E-state index >= 15 is 0 Å². The second-order valence-corrected chi connectivity index (χ2v) is 2.70. The molecule has 0 fully saturated rings. The van der Waals surface area contributed by atoms with Crippen molar-refractivity contribution in [1.82, 2.24) is 5.48 Å². The molecule has 0 bridgehead atoms. The third kappa shape index (κ3) is 4.17. The molecule has 3 nitrogen and oxygen atoms in total. The predicted octanol–water partition coefficient (Wildman–Crippen LogP) is 2.90. The molecular formula is C6HF10NO2. The number of rotatable bonds is 3. The number of alkyl halides is 8. The first-order valence-corrected chi connectivity index (χ1v) is 3.75. The van der Waals surface area contributed by atoms with Gasteiger partial charge in [0, 0.05) is 0 Å². The summed E-state index contributed by atoms with van der Waals surface area (Å²) in [6.07, 6.45) is -15.8. The summed E-state index contributed by atoms with van der Waals surface area (Å²) in [5.41, 5.74) is -3.07. The molecule has 0 aliphatic heterocycles. The molecule has 0 unspecified atom stereocenters. The highest BCUT2D eigenvalue weighted by Gasteiger charge is 2.65. The zero-order valence-electron chi connectivity index (χ0n) is 8.10. The van der Waals surface area contributed by atoms with Crippen LogP contribution in [0, 0.1) is 0 Å². The fourth-order valence-electron chi connectivity index (χ4n) is 0.481. The van der Waals surface area contributed by atoms with Gasteiger partial charge in [-0.25, -0.2) is 10.3 Å². The van der Waals surface area contributed by atoms with Crippen LogP contribution in [0.5, 0.6) is 0 Å². The highest BCUT2D eigenvalue weighted by atomic mass is 19.4. The van der Waals surface area contributed by atoms with Crippen LogP contribution in [-0.4, -0.2) is 24.2 Å². The van der Waals surface area contributed by atoms with Crippen molar-refractivity contribution in [2.24, 2.45) is 0 Å². The summed E-state index contributed by atoms with van der Waals surface area (Å²) in [5.74, 6) is -9.69. The van der Waals surface area contributed by atoms with Crippen molar-refractivity contribution in [3.05, 3.63) is 11.8 Å². The van der Waals surface area contributed by atoms with Gasteiger partial charge in [0.05, 0.1) is 0 Å². The van der Waals surface area contributed by atoms with Gasteiger partial charge in [0.25, 0.3) is 0 Å². The van der Waals surface area contributed by atoms with Crippen LogP contribution < -0.4 is 5.48 Å². The lowest BCUT2D eigenvalue weighted by Crippen LogP contribution is -2.47. The predicted molar refractivity (Wildman–Crippen MR) is 35.5 cm³/mol. The van der Waals surface area contributed by atoms with Crippen molar-refractivity contribution in [2.75, 3.05) is 0 Å². The van der Waals surface area contributed by atoms with E-state index in [0.717, 1.165) is 0 Å². The highest BCUT2D eigenvalue weighted by molar-refractivity contribution is 5.78. The number of halogens is 10. The largest absolute Gasteiger partial charge is 0.465 e. The van der Waals surface area contributed by atoms with Crippen LogP contribution in [0.3, 0.4) is 0 Å². The zero-order chi connectivity index (χ0) is 15.6. The lowest BCUT2D eigenvalue weighted by molar-refractivity contribution is -0.283. The van der Waals surface area contributed by atoms with Crippen LogP contribution >= 0.6 is 0 Å². The van der Waals surface area contributed by atoms with Gasteiger partial charge in [0.1, 0.15) is 0 Å². The lowest BCUT2D eigenvalue weighted by Gasteiger charge is -2.18. The minimum atomic E-state index is -6.46. The SMILES string of the molecule is O=C(ONC(=C(F)F)C(F)(F)F)C(F)(F)C(F)(F)F. The minimum absolute atomic E-state index is 0.0122. The topological polar surface area (TPSA) is 38.3 Å². The van der Waals surface area contributed by atoms with Gasteiger partial charge < -0.3 is 4.84 Å². The fraction of sp³-hybridized carbons (Fsp3) is 0.500. The third-order valence-corrected chi connectivity index (χ3v) is 1.33. The Bertz CT molecular complexity index is 376. The molecule has 0 aromatic rings. The van der Waals surface area contributed by atoms with Crippen molar-refractivity contribution < 1.29 is 53.5 Å². The summed E-state index contributed by atoms with van der Waals surface area (Å²) in [6.45, 7) is 0. The van der Waals surface area contributed by atoms with Crippen molar-refractivity contribution >= 4 is 5.97 Å². The van der Waals surface area contributed by atoms with Crippen molar-refractivity contribution in [3.63, 3.8) is 0 Å². The Labute approximate surface area is 96.3 Å². The van der Waals surface area contributed by atoms with Gasteiger partial charge in [-0.15, -0.1) is 0 Å². The number of hydroxylamine groups is 1. The van der Waals surface area contributed by atoms with Gasteiger partial charge in [0.2, 0.25) is 5.70 Å². The van der Waals surface area contributed by atoms with Gasteiger partial charge >= 0.3 is 30.3 Å². The summed E-state index contributed by atoms with van der Waals surface area (Å²) in [5, 5.41) is 0. The average Bonchev–Trinajstić information content (AvgIpc) is 2.12. The van der Waals surface area contributed by atoms with Crippen molar-refractivity contribution in [1.29, 1.82) is 0 Å². The second kappa shape index (κ2) is 5.13. The maximum Gasteiger partial charge on any atom is 0.465 e. The first-order valence-electron chi connectivity index (χ1n) is 3.75. The maximum atomic E-state index is 12.1. The molecule has 0 aliphatic rings. The number of carbonyl (C=O) groups excluding carboxylic acids is 1. The molecule has 0 atom stereocenters. The standard InChI is InChI=1S/C6HF10NO2/c7-2(8)1(5(11,12)13)17-19-3(18)4(9,10)6(14,15)16/h17H. The number of nitrogens with one attached hydrogen (secondary N) is 1.